The lowest BCUT2D eigenvalue weighted by Gasteiger charge is -2.20. The minimum Gasteiger partial charge on any atom is -0.485 e. The average Bonchev–Trinajstić information content (AvgIpc) is 3.19. The van der Waals surface area contributed by atoms with E-state index >= 15 is 0 Å². The third-order valence-corrected chi connectivity index (χ3v) is 3.65. The van der Waals surface area contributed by atoms with Crippen LogP contribution in [0.3, 0.4) is 0 Å². The molecule has 9 nitrogen and oxygen atoms in total. The van der Waals surface area contributed by atoms with Crippen molar-refractivity contribution in [2.24, 2.45) is 0 Å². The summed E-state index contributed by atoms with van der Waals surface area (Å²) in [6.45, 7) is 1.38. The topological polar surface area (TPSA) is 89.3 Å². The van der Waals surface area contributed by atoms with Gasteiger partial charge in [-0.25, -0.2) is 9.67 Å². The van der Waals surface area contributed by atoms with Crippen molar-refractivity contribution >= 4 is 11.7 Å². The molecule has 1 aliphatic heterocycles. The van der Waals surface area contributed by atoms with Crippen molar-refractivity contribution in [3.8, 4) is 5.75 Å². The van der Waals surface area contributed by atoms with Crippen molar-refractivity contribution < 1.29 is 9.53 Å². The molecule has 2 aromatic heterocycles. The van der Waals surface area contributed by atoms with Gasteiger partial charge in [-0.05, 0) is 22.6 Å². The second-order valence-corrected chi connectivity index (χ2v) is 5.60. The first-order valence-corrected chi connectivity index (χ1v) is 7.41. The number of anilines is 1. The summed E-state index contributed by atoms with van der Waals surface area (Å²) < 4.78 is 7.46. The predicted molar refractivity (Wildman–Crippen MR) is 82.0 cm³/mol. The Balaban J connectivity index is 1.59. The zero-order valence-corrected chi connectivity index (χ0v) is 13.2. The molecule has 0 spiro atoms. The smallest absolute Gasteiger partial charge is 0.244 e. The van der Waals surface area contributed by atoms with E-state index < -0.39 is 0 Å². The van der Waals surface area contributed by atoms with Gasteiger partial charge in [0, 0.05) is 33.3 Å². The van der Waals surface area contributed by atoms with Crippen LogP contribution in [0.5, 0.6) is 5.75 Å². The number of nitrogens with zero attached hydrogens (tertiary/aromatic N) is 7. The van der Waals surface area contributed by atoms with E-state index in [4.69, 9.17) is 4.74 Å². The Morgan fingerprint density at radius 3 is 3.09 bits per heavy atom. The Morgan fingerprint density at radius 2 is 2.35 bits per heavy atom. The molecule has 1 amide bonds. The number of hydrogen-bond acceptors (Lipinski definition) is 7. The van der Waals surface area contributed by atoms with E-state index in [1.807, 2.05) is 31.1 Å². The van der Waals surface area contributed by atoms with Gasteiger partial charge in [-0.15, -0.1) is 5.10 Å². The number of aromatic nitrogens is 5. The van der Waals surface area contributed by atoms with Crippen molar-refractivity contribution in [2.75, 3.05) is 32.1 Å². The van der Waals surface area contributed by atoms with Crippen LogP contribution in [0.1, 0.15) is 6.42 Å². The lowest BCUT2D eigenvalue weighted by molar-refractivity contribution is -0.131. The normalized spacial score (nSPS) is 17.3. The van der Waals surface area contributed by atoms with E-state index in [0.717, 1.165) is 18.0 Å². The largest absolute Gasteiger partial charge is 0.485 e. The van der Waals surface area contributed by atoms with Crippen LogP contribution in [-0.2, 0) is 11.3 Å². The van der Waals surface area contributed by atoms with Gasteiger partial charge in [-0.1, -0.05) is 0 Å². The molecule has 3 heterocycles. The summed E-state index contributed by atoms with van der Waals surface area (Å²) in [5, 5.41) is 10.8. The van der Waals surface area contributed by atoms with Crippen molar-refractivity contribution in [3.63, 3.8) is 0 Å². The van der Waals surface area contributed by atoms with Crippen LogP contribution in [0.15, 0.2) is 24.7 Å². The first-order chi connectivity index (χ1) is 11.1. The fourth-order valence-corrected chi connectivity index (χ4v) is 2.53. The van der Waals surface area contributed by atoms with Gasteiger partial charge >= 0.3 is 0 Å². The Morgan fingerprint density at radius 1 is 1.48 bits per heavy atom. The molecular formula is C14H19N7O2. The molecule has 0 aliphatic carbocycles. The molecule has 9 heteroatoms. The van der Waals surface area contributed by atoms with Crippen LogP contribution >= 0.6 is 0 Å². The number of amides is 1. The Hall–Kier alpha value is -2.71. The number of likely N-dealkylation sites (tertiary alicyclic amines) is 1. The van der Waals surface area contributed by atoms with Gasteiger partial charge in [0.15, 0.2) is 11.6 Å². The SMILES string of the molecule is CN(C)c1ncccc1O[C@@H]1CCN(C(=O)Cn2cnnn2)C1. The minimum atomic E-state index is -0.0317. The first-order valence-electron chi connectivity index (χ1n) is 7.41. The molecule has 1 saturated heterocycles. The van der Waals surface area contributed by atoms with E-state index in [0.29, 0.717) is 13.1 Å². The third kappa shape index (κ3) is 3.55. The summed E-state index contributed by atoms with van der Waals surface area (Å²) in [5.41, 5.74) is 0. The van der Waals surface area contributed by atoms with E-state index in [1.165, 1.54) is 11.0 Å². The zero-order chi connectivity index (χ0) is 16.2. The second kappa shape index (κ2) is 6.59. The highest BCUT2D eigenvalue weighted by Gasteiger charge is 2.28. The molecule has 0 N–H and O–H groups in total. The molecule has 0 bridgehead atoms. The van der Waals surface area contributed by atoms with Gasteiger partial charge < -0.3 is 14.5 Å². The number of carbonyl (C=O) groups excluding carboxylic acids is 1. The molecule has 0 saturated carbocycles. The summed E-state index contributed by atoms with van der Waals surface area (Å²) >= 11 is 0. The molecule has 0 aromatic carbocycles. The molecule has 122 valence electrons. The van der Waals surface area contributed by atoms with E-state index in [-0.39, 0.29) is 18.6 Å². The van der Waals surface area contributed by atoms with Crippen LogP contribution in [-0.4, -0.2) is 69.3 Å². The molecule has 1 fully saturated rings. The van der Waals surface area contributed by atoms with Gasteiger partial charge in [0.2, 0.25) is 5.91 Å². The van der Waals surface area contributed by atoms with Crippen molar-refractivity contribution in [2.45, 2.75) is 19.1 Å². The maximum absolute atomic E-state index is 12.2. The van der Waals surface area contributed by atoms with Crippen LogP contribution in [0.25, 0.3) is 0 Å². The number of ether oxygens (including phenoxy) is 1. The van der Waals surface area contributed by atoms with Crippen molar-refractivity contribution in [3.05, 3.63) is 24.7 Å². The van der Waals surface area contributed by atoms with Gasteiger partial charge in [-0.2, -0.15) is 0 Å². The summed E-state index contributed by atoms with van der Waals surface area (Å²) in [6, 6.07) is 3.74. The predicted octanol–water partition coefficient (Wildman–Crippen LogP) is -0.186. The minimum absolute atomic E-state index is 0.0116. The van der Waals surface area contributed by atoms with E-state index in [9.17, 15) is 4.79 Å². The molecule has 1 atom stereocenters. The number of rotatable bonds is 5. The fourth-order valence-electron chi connectivity index (χ4n) is 2.53. The summed E-state index contributed by atoms with van der Waals surface area (Å²) in [4.78, 5) is 20.2. The highest BCUT2D eigenvalue weighted by molar-refractivity contribution is 5.76. The molecule has 2 aromatic rings. The number of hydrogen-bond donors (Lipinski definition) is 0. The molecule has 0 unspecified atom stereocenters. The van der Waals surface area contributed by atoms with Gasteiger partial charge in [0.1, 0.15) is 19.0 Å². The van der Waals surface area contributed by atoms with Crippen LogP contribution in [0.4, 0.5) is 5.82 Å². The Labute approximate surface area is 133 Å². The Kier molecular flexibility index (Phi) is 4.35. The highest BCUT2D eigenvalue weighted by atomic mass is 16.5. The maximum Gasteiger partial charge on any atom is 0.244 e. The lowest BCUT2D eigenvalue weighted by atomic mass is 10.3. The summed E-state index contributed by atoms with van der Waals surface area (Å²) in [6.07, 6.45) is 3.93. The third-order valence-electron chi connectivity index (χ3n) is 3.65. The Bertz CT molecular complexity index is 659. The van der Waals surface area contributed by atoms with Gasteiger partial charge in [0.25, 0.3) is 0 Å². The first kappa shape index (κ1) is 15.2. The summed E-state index contributed by atoms with van der Waals surface area (Å²) in [5.74, 6) is 1.51. The molecule has 3 rings (SSSR count). The standard InChI is InChI=1S/C14H19N7O2/c1-19(2)14-12(4-3-6-15-14)23-11-5-7-20(8-11)13(22)9-21-10-16-17-18-21/h3-4,6,10-11H,5,7-9H2,1-2H3/t11-/m1/s1. The lowest BCUT2D eigenvalue weighted by Crippen LogP contribution is -2.33. The van der Waals surface area contributed by atoms with Crippen LogP contribution < -0.4 is 9.64 Å². The van der Waals surface area contributed by atoms with Gasteiger partial charge in [-0.3, -0.25) is 4.79 Å². The van der Waals surface area contributed by atoms with Crippen LogP contribution in [0, 0.1) is 0 Å². The van der Waals surface area contributed by atoms with Crippen molar-refractivity contribution in [1.82, 2.24) is 30.1 Å². The number of carbonyl (C=O) groups is 1. The van der Waals surface area contributed by atoms with Crippen molar-refractivity contribution in [1.29, 1.82) is 0 Å². The fraction of sp³-hybridized carbons (Fsp3) is 0.500. The molecule has 1 aliphatic rings. The maximum atomic E-state index is 12.2. The monoisotopic (exact) mass is 317 g/mol. The highest BCUT2D eigenvalue weighted by Crippen LogP contribution is 2.26. The van der Waals surface area contributed by atoms with E-state index in [1.54, 1.807) is 11.1 Å². The van der Waals surface area contributed by atoms with Crippen LogP contribution in [0.2, 0.25) is 0 Å². The number of pyridine rings is 1. The quantitative estimate of drug-likeness (QED) is 0.755. The molecule has 0 radical (unpaired) electrons. The zero-order valence-electron chi connectivity index (χ0n) is 13.2. The second-order valence-electron chi connectivity index (χ2n) is 5.60. The molecule has 23 heavy (non-hydrogen) atoms. The van der Waals surface area contributed by atoms with E-state index in [2.05, 4.69) is 20.5 Å². The summed E-state index contributed by atoms with van der Waals surface area (Å²) in [7, 11) is 3.84. The molecular weight excluding hydrogens is 298 g/mol. The van der Waals surface area contributed by atoms with Gasteiger partial charge in [0.05, 0.1) is 6.54 Å². The average molecular weight is 317 g/mol. The number of tetrazole rings is 1.